The molecule has 1 aromatic heterocycles. The minimum Gasteiger partial charge on any atom is -0.462 e. The molecule has 150 valence electrons. The number of benzene rings is 1. The Labute approximate surface area is 164 Å². The van der Waals surface area contributed by atoms with E-state index in [-0.39, 0.29) is 12.3 Å². The van der Waals surface area contributed by atoms with Crippen LogP contribution in [-0.2, 0) is 14.3 Å². The van der Waals surface area contributed by atoms with Gasteiger partial charge in [0.2, 0.25) is 0 Å². The van der Waals surface area contributed by atoms with Crippen molar-refractivity contribution in [2.45, 2.75) is 47.6 Å². The van der Waals surface area contributed by atoms with Crippen molar-refractivity contribution in [1.82, 2.24) is 4.98 Å². The van der Waals surface area contributed by atoms with Crippen molar-refractivity contribution >= 4 is 23.5 Å². The molecule has 0 saturated heterocycles. The van der Waals surface area contributed by atoms with Gasteiger partial charge in [-0.2, -0.15) is 0 Å². The number of amides is 1. The van der Waals surface area contributed by atoms with Gasteiger partial charge in [-0.15, -0.1) is 0 Å². The van der Waals surface area contributed by atoms with Crippen LogP contribution in [0.25, 0.3) is 0 Å². The maximum Gasteiger partial charge on any atom is 0.355 e. The van der Waals surface area contributed by atoms with Crippen LogP contribution in [0.4, 0.5) is 5.69 Å². The van der Waals surface area contributed by atoms with Crippen LogP contribution in [0.5, 0.6) is 0 Å². The van der Waals surface area contributed by atoms with Crippen molar-refractivity contribution in [2.24, 2.45) is 0 Å². The molecule has 0 radical (unpaired) electrons. The Kier molecular flexibility index (Phi) is 6.62. The SMILES string of the molecule is CCOC(=O)c1c(C)[nH]c(C(=O)OC(C)C(=O)Nc2cc(C)ccc2C)c1C. The van der Waals surface area contributed by atoms with E-state index in [0.717, 1.165) is 11.1 Å². The molecule has 2 N–H and O–H groups in total. The summed E-state index contributed by atoms with van der Waals surface area (Å²) in [7, 11) is 0. The molecule has 2 aromatic rings. The van der Waals surface area contributed by atoms with E-state index in [9.17, 15) is 14.4 Å². The van der Waals surface area contributed by atoms with Crippen molar-refractivity contribution in [1.29, 1.82) is 0 Å². The Bertz CT molecular complexity index is 914. The molecule has 0 spiro atoms. The number of rotatable bonds is 6. The zero-order valence-corrected chi connectivity index (χ0v) is 17.1. The number of aromatic amines is 1. The second-order valence-electron chi connectivity index (χ2n) is 6.70. The highest BCUT2D eigenvalue weighted by molar-refractivity contribution is 6.00. The Morgan fingerprint density at radius 1 is 1.11 bits per heavy atom. The summed E-state index contributed by atoms with van der Waals surface area (Å²) in [6.45, 7) is 10.6. The van der Waals surface area contributed by atoms with Gasteiger partial charge in [0.25, 0.3) is 5.91 Å². The van der Waals surface area contributed by atoms with E-state index in [1.165, 1.54) is 6.92 Å². The molecule has 0 bridgehead atoms. The highest BCUT2D eigenvalue weighted by atomic mass is 16.5. The van der Waals surface area contributed by atoms with Gasteiger partial charge < -0.3 is 19.8 Å². The lowest BCUT2D eigenvalue weighted by Gasteiger charge is -2.15. The summed E-state index contributed by atoms with van der Waals surface area (Å²) in [6.07, 6.45) is -1.01. The van der Waals surface area contributed by atoms with Gasteiger partial charge in [0.05, 0.1) is 12.2 Å². The molecule has 0 saturated carbocycles. The molecule has 1 amide bonds. The lowest BCUT2D eigenvalue weighted by Crippen LogP contribution is -2.30. The van der Waals surface area contributed by atoms with E-state index in [2.05, 4.69) is 10.3 Å². The summed E-state index contributed by atoms with van der Waals surface area (Å²) in [6, 6.07) is 5.71. The van der Waals surface area contributed by atoms with Crippen molar-refractivity contribution in [3.8, 4) is 0 Å². The van der Waals surface area contributed by atoms with E-state index < -0.39 is 23.9 Å². The third-order valence-electron chi connectivity index (χ3n) is 4.43. The van der Waals surface area contributed by atoms with Gasteiger partial charge in [-0.1, -0.05) is 12.1 Å². The summed E-state index contributed by atoms with van der Waals surface area (Å²) >= 11 is 0. The molecular formula is C21H26N2O5. The first kappa shape index (κ1) is 21.2. The number of nitrogens with one attached hydrogen (secondary N) is 2. The van der Waals surface area contributed by atoms with Crippen LogP contribution < -0.4 is 5.32 Å². The van der Waals surface area contributed by atoms with Crippen LogP contribution in [0, 0.1) is 27.7 Å². The molecule has 0 fully saturated rings. The number of aryl methyl sites for hydroxylation is 3. The summed E-state index contributed by atoms with van der Waals surface area (Å²) in [5.74, 6) is -1.65. The van der Waals surface area contributed by atoms with Gasteiger partial charge in [-0.25, -0.2) is 9.59 Å². The fraction of sp³-hybridized carbons (Fsp3) is 0.381. The topological polar surface area (TPSA) is 97.5 Å². The number of ether oxygens (including phenoxy) is 2. The van der Waals surface area contributed by atoms with Gasteiger partial charge in [0.1, 0.15) is 5.69 Å². The van der Waals surface area contributed by atoms with Crippen molar-refractivity contribution in [3.05, 3.63) is 51.8 Å². The van der Waals surface area contributed by atoms with Gasteiger partial charge in [0.15, 0.2) is 6.10 Å². The maximum atomic E-state index is 12.5. The van der Waals surface area contributed by atoms with Crippen molar-refractivity contribution < 1.29 is 23.9 Å². The van der Waals surface area contributed by atoms with Crippen LogP contribution in [-0.4, -0.2) is 35.5 Å². The van der Waals surface area contributed by atoms with Crippen LogP contribution in [0.15, 0.2) is 18.2 Å². The fourth-order valence-corrected chi connectivity index (χ4v) is 2.84. The molecule has 7 heteroatoms. The molecule has 1 aromatic carbocycles. The van der Waals surface area contributed by atoms with Crippen molar-refractivity contribution in [3.63, 3.8) is 0 Å². The van der Waals surface area contributed by atoms with Gasteiger partial charge in [-0.3, -0.25) is 4.79 Å². The molecule has 1 heterocycles. The molecule has 2 rings (SSSR count). The van der Waals surface area contributed by atoms with E-state index >= 15 is 0 Å². The molecule has 0 aliphatic carbocycles. The highest BCUT2D eigenvalue weighted by Crippen LogP contribution is 2.21. The number of carbonyl (C=O) groups excluding carboxylic acids is 3. The molecule has 28 heavy (non-hydrogen) atoms. The zero-order valence-electron chi connectivity index (χ0n) is 17.1. The van der Waals surface area contributed by atoms with Crippen LogP contribution in [0.2, 0.25) is 0 Å². The van der Waals surface area contributed by atoms with E-state index in [1.807, 2.05) is 32.0 Å². The number of hydrogen-bond donors (Lipinski definition) is 2. The lowest BCUT2D eigenvalue weighted by molar-refractivity contribution is -0.123. The van der Waals surface area contributed by atoms with E-state index in [4.69, 9.17) is 9.47 Å². The second kappa shape index (κ2) is 8.73. The molecule has 0 aliphatic heterocycles. The highest BCUT2D eigenvalue weighted by Gasteiger charge is 2.26. The number of esters is 2. The zero-order chi connectivity index (χ0) is 21.0. The molecule has 1 atom stereocenters. The largest absolute Gasteiger partial charge is 0.462 e. The minimum absolute atomic E-state index is 0.131. The standard InChI is InChI=1S/C21H26N2O5/c1-7-27-20(25)17-13(4)18(22-14(17)5)21(26)28-15(6)19(24)23-16-10-11(2)8-9-12(16)3/h8-10,15,22H,7H2,1-6H3,(H,23,24). The van der Waals surface area contributed by atoms with Crippen LogP contribution in [0.3, 0.4) is 0 Å². The summed E-state index contributed by atoms with van der Waals surface area (Å²) < 4.78 is 10.3. The summed E-state index contributed by atoms with van der Waals surface area (Å²) in [5, 5.41) is 2.77. The molecule has 1 unspecified atom stereocenters. The summed E-state index contributed by atoms with van der Waals surface area (Å²) in [5.41, 5.74) is 3.97. The Morgan fingerprint density at radius 3 is 2.43 bits per heavy atom. The number of H-pyrrole nitrogens is 1. The number of carbonyl (C=O) groups is 3. The van der Waals surface area contributed by atoms with Crippen molar-refractivity contribution in [2.75, 3.05) is 11.9 Å². The smallest absolute Gasteiger partial charge is 0.355 e. The Balaban J connectivity index is 2.12. The van der Waals surface area contributed by atoms with Crippen LogP contribution >= 0.6 is 0 Å². The Morgan fingerprint density at radius 2 is 1.79 bits per heavy atom. The average molecular weight is 386 g/mol. The second-order valence-corrected chi connectivity index (χ2v) is 6.70. The first-order chi connectivity index (χ1) is 13.1. The van der Waals surface area contributed by atoms with Crippen LogP contribution in [0.1, 0.15) is 57.1 Å². The number of aromatic nitrogens is 1. The third kappa shape index (κ3) is 4.60. The first-order valence-electron chi connectivity index (χ1n) is 9.11. The normalized spacial score (nSPS) is 11.6. The molecule has 0 aliphatic rings. The summed E-state index contributed by atoms with van der Waals surface area (Å²) in [4.78, 5) is 39.8. The Hall–Kier alpha value is -3.09. The van der Waals surface area contributed by atoms with Gasteiger partial charge >= 0.3 is 11.9 Å². The van der Waals surface area contributed by atoms with Gasteiger partial charge in [0, 0.05) is 11.4 Å². The van der Waals surface area contributed by atoms with E-state index in [0.29, 0.717) is 22.5 Å². The predicted octanol–water partition coefficient (Wildman–Crippen LogP) is 3.61. The lowest BCUT2D eigenvalue weighted by atomic mass is 10.1. The number of hydrogen-bond acceptors (Lipinski definition) is 5. The maximum absolute atomic E-state index is 12.5. The molecular weight excluding hydrogens is 360 g/mol. The number of anilines is 1. The third-order valence-corrected chi connectivity index (χ3v) is 4.43. The van der Waals surface area contributed by atoms with Gasteiger partial charge in [-0.05, 0) is 64.3 Å². The molecule has 7 nitrogen and oxygen atoms in total. The predicted molar refractivity (Wildman–Crippen MR) is 106 cm³/mol. The quantitative estimate of drug-likeness (QED) is 0.739. The monoisotopic (exact) mass is 386 g/mol. The first-order valence-corrected chi connectivity index (χ1v) is 9.11. The average Bonchev–Trinajstić information content (AvgIpc) is 2.92. The minimum atomic E-state index is -1.01. The van der Waals surface area contributed by atoms with E-state index in [1.54, 1.807) is 20.8 Å². The fourth-order valence-electron chi connectivity index (χ4n) is 2.84.